The zero-order valence-corrected chi connectivity index (χ0v) is 11.9. The lowest BCUT2D eigenvalue weighted by Gasteiger charge is -2.25. The first-order chi connectivity index (χ1) is 10.3. The summed E-state index contributed by atoms with van der Waals surface area (Å²) in [6, 6.07) is 5.90. The Hall–Kier alpha value is -2.21. The first-order valence-electron chi connectivity index (χ1n) is 7.27. The summed E-state index contributed by atoms with van der Waals surface area (Å²) in [7, 11) is 0. The number of aromatic amines is 1. The van der Waals surface area contributed by atoms with E-state index in [-0.39, 0.29) is 6.10 Å². The molecular formula is C15H17N5O. The van der Waals surface area contributed by atoms with Gasteiger partial charge in [-0.3, -0.25) is 9.50 Å². The van der Waals surface area contributed by atoms with Crippen LogP contribution in [-0.2, 0) is 4.74 Å². The summed E-state index contributed by atoms with van der Waals surface area (Å²) in [5, 5.41) is 7.35. The first-order valence-corrected chi connectivity index (χ1v) is 7.27. The number of hydrogen-bond donors (Lipinski definition) is 1. The van der Waals surface area contributed by atoms with Gasteiger partial charge in [-0.2, -0.15) is 5.10 Å². The maximum absolute atomic E-state index is 5.80. The molecule has 6 nitrogen and oxygen atoms in total. The molecule has 0 radical (unpaired) electrons. The molecule has 1 aliphatic heterocycles. The van der Waals surface area contributed by atoms with Crippen LogP contribution in [-0.4, -0.2) is 31.2 Å². The van der Waals surface area contributed by atoms with Gasteiger partial charge in [0.2, 0.25) is 0 Å². The van der Waals surface area contributed by atoms with Crippen molar-refractivity contribution in [1.82, 2.24) is 24.6 Å². The number of nitrogens with one attached hydrogen (secondary N) is 1. The van der Waals surface area contributed by atoms with Gasteiger partial charge in [0.15, 0.2) is 11.6 Å². The maximum atomic E-state index is 5.80. The number of aromatic nitrogens is 5. The Bertz CT molecular complexity index is 762. The van der Waals surface area contributed by atoms with Gasteiger partial charge in [-0.1, -0.05) is 13.0 Å². The molecule has 0 unspecified atom stereocenters. The van der Waals surface area contributed by atoms with Gasteiger partial charge in [0.25, 0.3) is 0 Å². The van der Waals surface area contributed by atoms with Crippen LogP contribution < -0.4 is 0 Å². The van der Waals surface area contributed by atoms with E-state index in [1.165, 1.54) is 0 Å². The van der Waals surface area contributed by atoms with Crippen LogP contribution in [0, 0.1) is 5.92 Å². The summed E-state index contributed by atoms with van der Waals surface area (Å²) in [5.41, 5.74) is 1.78. The largest absolute Gasteiger partial charge is 0.370 e. The third-order valence-electron chi connectivity index (χ3n) is 4.00. The monoisotopic (exact) mass is 283 g/mol. The third kappa shape index (κ3) is 2.21. The molecule has 0 saturated carbocycles. The Morgan fingerprint density at radius 3 is 3.24 bits per heavy atom. The summed E-state index contributed by atoms with van der Waals surface area (Å²) < 4.78 is 7.78. The highest BCUT2D eigenvalue weighted by atomic mass is 16.5. The standard InChI is InChI=1S/C15H17N5O/c1-10-5-7-21-12(8-10)15-17-14(18-19-15)11-9-16-13-4-2-3-6-20(11)13/h2-4,6,9-10,12H,5,7-8H2,1H3,(H,17,18,19)/t10-,12+/m1/s1. The lowest BCUT2D eigenvalue weighted by molar-refractivity contribution is -0.0112. The quantitative estimate of drug-likeness (QED) is 0.785. The first kappa shape index (κ1) is 12.5. The van der Waals surface area contributed by atoms with Gasteiger partial charge < -0.3 is 4.74 Å². The van der Waals surface area contributed by atoms with E-state index in [0.29, 0.717) is 11.7 Å². The van der Waals surface area contributed by atoms with E-state index >= 15 is 0 Å². The van der Waals surface area contributed by atoms with Crippen LogP contribution >= 0.6 is 0 Å². The van der Waals surface area contributed by atoms with Crippen LogP contribution in [0.15, 0.2) is 30.6 Å². The van der Waals surface area contributed by atoms with Crippen molar-refractivity contribution >= 4 is 5.65 Å². The molecule has 0 amide bonds. The molecular weight excluding hydrogens is 266 g/mol. The van der Waals surface area contributed by atoms with Crippen LogP contribution in [0.4, 0.5) is 0 Å². The number of ether oxygens (including phenoxy) is 1. The van der Waals surface area contributed by atoms with Gasteiger partial charge in [0, 0.05) is 12.8 Å². The number of hydrogen-bond acceptors (Lipinski definition) is 4. The van der Waals surface area contributed by atoms with Crippen LogP contribution in [0.3, 0.4) is 0 Å². The molecule has 6 heteroatoms. The fraction of sp³-hybridized carbons (Fsp3) is 0.400. The number of pyridine rings is 1. The summed E-state index contributed by atoms with van der Waals surface area (Å²) in [6.07, 6.45) is 5.89. The number of H-pyrrole nitrogens is 1. The van der Waals surface area contributed by atoms with Crippen LogP contribution in [0.5, 0.6) is 0 Å². The predicted octanol–water partition coefficient (Wildman–Crippen LogP) is 2.61. The number of rotatable bonds is 2. The fourth-order valence-corrected chi connectivity index (χ4v) is 2.78. The molecule has 0 aromatic carbocycles. The Labute approximate surface area is 122 Å². The molecule has 1 saturated heterocycles. The highest BCUT2D eigenvalue weighted by Crippen LogP contribution is 2.30. The van der Waals surface area contributed by atoms with Crippen LogP contribution in [0.1, 0.15) is 31.7 Å². The van der Waals surface area contributed by atoms with Gasteiger partial charge >= 0.3 is 0 Å². The Morgan fingerprint density at radius 2 is 2.33 bits per heavy atom. The minimum absolute atomic E-state index is 0.0224. The van der Waals surface area contributed by atoms with Gasteiger partial charge in [0.05, 0.1) is 6.20 Å². The molecule has 3 aromatic heterocycles. The Balaban J connectivity index is 1.68. The van der Waals surface area contributed by atoms with Crippen LogP contribution in [0.2, 0.25) is 0 Å². The Kier molecular flexibility index (Phi) is 2.96. The van der Waals surface area contributed by atoms with Crippen molar-refractivity contribution in [1.29, 1.82) is 0 Å². The SMILES string of the molecule is C[C@@H]1CCO[C@H](c2nc(-c3cnc4ccccn34)n[nH]2)C1. The second-order valence-corrected chi connectivity index (χ2v) is 5.61. The zero-order chi connectivity index (χ0) is 14.2. The van der Waals surface area contributed by atoms with E-state index < -0.39 is 0 Å². The van der Waals surface area contributed by atoms with Crippen molar-refractivity contribution in [3.05, 3.63) is 36.4 Å². The molecule has 108 valence electrons. The lowest BCUT2D eigenvalue weighted by Crippen LogP contribution is -2.18. The highest BCUT2D eigenvalue weighted by molar-refractivity contribution is 5.56. The van der Waals surface area contributed by atoms with E-state index in [1.54, 1.807) is 6.20 Å². The molecule has 2 atom stereocenters. The van der Waals surface area contributed by atoms with Crippen molar-refractivity contribution < 1.29 is 4.74 Å². The summed E-state index contributed by atoms with van der Waals surface area (Å²) in [6.45, 7) is 3.04. The predicted molar refractivity (Wildman–Crippen MR) is 77.7 cm³/mol. The van der Waals surface area contributed by atoms with Crippen molar-refractivity contribution in [3.63, 3.8) is 0 Å². The van der Waals surface area contributed by atoms with E-state index in [0.717, 1.165) is 36.6 Å². The van der Waals surface area contributed by atoms with E-state index in [9.17, 15) is 0 Å². The molecule has 4 rings (SSSR count). The van der Waals surface area contributed by atoms with Crippen molar-refractivity contribution in [2.75, 3.05) is 6.61 Å². The molecule has 0 bridgehead atoms. The lowest BCUT2D eigenvalue weighted by atomic mass is 9.97. The van der Waals surface area contributed by atoms with Crippen molar-refractivity contribution in [2.24, 2.45) is 5.92 Å². The smallest absolute Gasteiger partial charge is 0.199 e. The van der Waals surface area contributed by atoms with Crippen LogP contribution in [0.25, 0.3) is 17.2 Å². The molecule has 1 fully saturated rings. The third-order valence-corrected chi connectivity index (χ3v) is 4.00. The minimum Gasteiger partial charge on any atom is -0.370 e. The van der Waals surface area contributed by atoms with E-state index in [1.807, 2.05) is 28.8 Å². The molecule has 0 spiro atoms. The van der Waals surface area contributed by atoms with Gasteiger partial charge in [-0.25, -0.2) is 9.97 Å². The zero-order valence-electron chi connectivity index (χ0n) is 11.9. The van der Waals surface area contributed by atoms with Gasteiger partial charge in [0.1, 0.15) is 17.4 Å². The molecule has 3 aromatic rings. The fourth-order valence-electron chi connectivity index (χ4n) is 2.78. The molecule has 1 N–H and O–H groups in total. The number of nitrogens with zero attached hydrogens (tertiary/aromatic N) is 4. The van der Waals surface area contributed by atoms with Gasteiger partial charge in [-0.15, -0.1) is 0 Å². The Morgan fingerprint density at radius 1 is 1.38 bits per heavy atom. The summed E-state index contributed by atoms with van der Waals surface area (Å²) in [5.74, 6) is 2.13. The summed E-state index contributed by atoms with van der Waals surface area (Å²) in [4.78, 5) is 8.98. The topological polar surface area (TPSA) is 68.1 Å². The second kappa shape index (κ2) is 4.96. The molecule has 0 aliphatic carbocycles. The normalized spacial score (nSPS) is 22.7. The van der Waals surface area contributed by atoms with Crippen molar-refractivity contribution in [2.45, 2.75) is 25.9 Å². The highest BCUT2D eigenvalue weighted by Gasteiger charge is 2.24. The van der Waals surface area contributed by atoms with Gasteiger partial charge in [-0.05, 0) is 30.9 Å². The number of fused-ring (bicyclic) bond motifs is 1. The molecule has 4 heterocycles. The molecule has 21 heavy (non-hydrogen) atoms. The molecule has 1 aliphatic rings. The maximum Gasteiger partial charge on any atom is 0.199 e. The number of imidazole rings is 1. The average Bonchev–Trinajstić information content (AvgIpc) is 3.14. The van der Waals surface area contributed by atoms with E-state index in [2.05, 4.69) is 27.1 Å². The average molecular weight is 283 g/mol. The summed E-state index contributed by atoms with van der Waals surface area (Å²) >= 11 is 0. The van der Waals surface area contributed by atoms with E-state index in [4.69, 9.17) is 4.74 Å². The second-order valence-electron chi connectivity index (χ2n) is 5.61. The minimum atomic E-state index is 0.0224. The van der Waals surface area contributed by atoms with Crippen molar-refractivity contribution in [3.8, 4) is 11.5 Å².